The Labute approximate surface area is 147 Å². The summed E-state index contributed by atoms with van der Waals surface area (Å²) in [6, 6.07) is 12.8. The van der Waals surface area contributed by atoms with Gasteiger partial charge in [-0.3, -0.25) is 9.10 Å². The monoisotopic (exact) mass is 364 g/mol. The van der Waals surface area contributed by atoms with Crippen LogP contribution < -0.4 is 9.62 Å². The van der Waals surface area contributed by atoms with Crippen LogP contribution in [0.5, 0.6) is 0 Å². The minimum atomic E-state index is -3.45. The molecule has 0 bridgehead atoms. The third-order valence-corrected chi connectivity index (χ3v) is 4.84. The normalized spacial score (nSPS) is 11.2. The molecule has 0 saturated heterocycles. The SMILES string of the molecule is Cc1ccccc1N(CCCC(=O)Nc1cccc(F)c1)S(C)(=O)=O. The molecule has 0 aliphatic heterocycles. The summed E-state index contributed by atoms with van der Waals surface area (Å²) in [5.41, 5.74) is 1.83. The van der Waals surface area contributed by atoms with Crippen LogP contribution in [0.1, 0.15) is 18.4 Å². The van der Waals surface area contributed by atoms with Crippen LogP contribution in [0.15, 0.2) is 48.5 Å². The van der Waals surface area contributed by atoms with E-state index < -0.39 is 15.8 Å². The van der Waals surface area contributed by atoms with Gasteiger partial charge < -0.3 is 5.32 Å². The van der Waals surface area contributed by atoms with Crippen molar-refractivity contribution in [2.45, 2.75) is 19.8 Å². The van der Waals surface area contributed by atoms with E-state index in [0.29, 0.717) is 17.8 Å². The standard InChI is InChI=1S/C18H21FN2O3S/c1-14-7-3-4-10-17(14)21(25(2,23)24)12-6-11-18(22)20-16-9-5-8-15(19)13-16/h3-5,7-10,13H,6,11-12H2,1-2H3,(H,20,22). The number of amides is 1. The van der Waals surface area contributed by atoms with Crippen molar-refractivity contribution in [2.75, 3.05) is 22.4 Å². The Kier molecular flexibility index (Phi) is 6.14. The van der Waals surface area contributed by atoms with Crippen LogP contribution in [0, 0.1) is 12.7 Å². The van der Waals surface area contributed by atoms with Crippen LogP contribution in [0.2, 0.25) is 0 Å². The van der Waals surface area contributed by atoms with Crippen molar-refractivity contribution >= 4 is 27.3 Å². The smallest absolute Gasteiger partial charge is 0.232 e. The summed E-state index contributed by atoms with van der Waals surface area (Å²) in [7, 11) is -3.45. The van der Waals surface area contributed by atoms with Crippen LogP contribution in [0.4, 0.5) is 15.8 Å². The average Bonchev–Trinajstić information content (AvgIpc) is 2.51. The van der Waals surface area contributed by atoms with Crippen molar-refractivity contribution in [3.8, 4) is 0 Å². The third-order valence-electron chi connectivity index (χ3n) is 3.66. The first-order chi connectivity index (χ1) is 11.8. The molecule has 2 aromatic rings. The third kappa shape index (κ3) is 5.56. The number of carbonyl (C=O) groups excluding carboxylic acids is 1. The molecule has 0 radical (unpaired) electrons. The van der Waals surface area contributed by atoms with Gasteiger partial charge in [-0.1, -0.05) is 24.3 Å². The predicted molar refractivity (Wildman–Crippen MR) is 97.6 cm³/mol. The highest BCUT2D eigenvalue weighted by Gasteiger charge is 2.19. The van der Waals surface area contributed by atoms with Gasteiger partial charge in [0.1, 0.15) is 5.82 Å². The Balaban J connectivity index is 1.97. The molecule has 0 heterocycles. The lowest BCUT2D eigenvalue weighted by Crippen LogP contribution is -2.32. The first-order valence-electron chi connectivity index (χ1n) is 7.86. The lowest BCUT2D eigenvalue weighted by atomic mass is 10.2. The molecule has 0 saturated carbocycles. The number of anilines is 2. The molecular formula is C18H21FN2O3S. The molecule has 5 nitrogen and oxygen atoms in total. The molecule has 2 rings (SSSR count). The zero-order chi connectivity index (χ0) is 18.4. The van der Waals surface area contributed by atoms with Crippen LogP contribution >= 0.6 is 0 Å². The summed E-state index contributed by atoms with van der Waals surface area (Å²) < 4.78 is 38.6. The van der Waals surface area contributed by atoms with Crippen molar-refractivity contribution in [2.24, 2.45) is 0 Å². The average molecular weight is 364 g/mol. The lowest BCUT2D eigenvalue weighted by molar-refractivity contribution is -0.116. The number of hydrogen-bond acceptors (Lipinski definition) is 3. The van der Waals surface area contributed by atoms with E-state index in [9.17, 15) is 17.6 Å². The van der Waals surface area contributed by atoms with Crippen LogP contribution in [-0.4, -0.2) is 27.1 Å². The number of nitrogens with one attached hydrogen (secondary N) is 1. The van der Waals surface area contributed by atoms with Gasteiger partial charge in [-0.15, -0.1) is 0 Å². The highest BCUT2D eigenvalue weighted by molar-refractivity contribution is 7.92. The molecular weight excluding hydrogens is 343 g/mol. The number of rotatable bonds is 7. The van der Waals surface area contributed by atoms with E-state index in [4.69, 9.17) is 0 Å². The number of carbonyl (C=O) groups is 1. The largest absolute Gasteiger partial charge is 0.326 e. The molecule has 0 atom stereocenters. The Hall–Kier alpha value is -2.41. The van der Waals surface area contributed by atoms with Crippen LogP contribution in [0.3, 0.4) is 0 Å². The topological polar surface area (TPSA) is 66.5 Å². The number of hydrogen-bond donors (Lipinski definition) is 1. The summed E-state index contributed by atoms with van der Waals surface area (Å²) in [5.74, 6) is -0.718. The van der Waals surface area contributed by atoms with E-state index in [1.165, 1.54) is 22.5 Å². The number of benzene rings is 2. The summed E-state index contributed by atoms with van der Waals surface area (Å²) in [5, 5.41) is 2.60. The Morgan fingerprint density at radius 1 is 1.16 bits per heavy atom. The van der Waals surface area contributed by atoms with Crippen LogP contribution in [0.25, 0.3) is 0 Å². The number of nitrogens with zero attached hydrogens (tertiary/aromatic N) is 1. The number of aryl methyl sites for hydroxylation is 1. The molecule has 1 N–H and O–H groups in total. The van der Waals surface area contributed by atoms with Crippen molar-refractivity contribution in [1.29, 1.82) is 0 Å². The van der Waals surface area contributed by atoms with Crippen molar-refractivity contribution in [3.05, 3.63) is 59.9 Å². The van der Waals surface area contributed by atoms with E-state index in [2.05, 4.69) is 5.32 Å². The van der Waals surface area contributed by atoms with Gasteiger partial charge in [0.15, 0.2) is 0 Å². The van der Waals surface area contributed by atoms with E-state index >= 15 is 0 Å². The van der Waals surface area contributed by atoms with Gasteiger partial charge in [0.2, 0.25) is 15.9 Å². The van der Waals surface area contributed by atoms with Crippen molar-refractivity contribution in [1.82, 2.24) is 0 Å². The molecule has 0 unspecified atom stereocenters. The molecule has 0 fully saturated rings. The van der Waals surface area contributed by atoms with Gasteiger partial charge in [0.05, 0.1) is 11.9 Å². The zero-order valence-corrected chi connectivity index (χ0v) is 15.0. The summed E-state index contributed by atoms with van der Waals surface area (Å²) in [6.07, 6.45) is 1.63. The summed E-state index contributed by atoms with van der Waals surface area (Å²) in [4.78, 5) is 12.0. The van der Waals surface area contributed by atoms with Gasteiger partial charge in [-0.25, -0.2) is 12.8 Å². The van der Waals surface area contributed by atoms with Gasteiger partial charge in [0, 0.05) is 18.7 Å². The summed E-state index contributed by atoms with van der Waals surface area (Å²) >= 11 is 0. The molecule has 134 valence electrons. The second-order valence-electron chi connectivity index (χ2n) is 5.78. The van der Waals surface area contributed by atoms with E-state index in [1.807, 2.05) is 19.1 Å². The molecule has 0 aliphatic carbocycles. The van der Waals surface area contributed by atoms with E-state index in [0.717, 1.165) is 11.8 Å². The van der Waals surface area contributed by atoms with Gasteiger partial charge in [0.25, 0.3) is 0 Å². The maximum atomic E-state index is 13.1. The second kappa shape index (κ2) is 8.11. The molecule has 1 amide bonds. The maximum absolute atomic E-state index is 13.1. The fourth-order valence-corrected chi connectivity index (χ4v) is 3.50. The molecule has 0 aromatic heterocycles. The fourth-order valence-electron chi connectivity index (χ4n) is 2.48. The molecule has 0 spiro atoms. The van der Waals surface area contributed by atoms with E-state index in [-0.39, 0.29) is 18.9 Å². The van der Waals surface area contributed by atoms with Crippen LogP contribution in [-0.2, 0) is 14.8 Å². The van der Waals surface area contributed by atoms with Gasteiger partial charge in [-0.05, 0) is 43.2 Å². The van der Waals surface area contributed by atoms with Gasteiger partial charge >= 0.3 is 0 Å². The summed E-state index contributed by atoms with van der Waals surface area (Å²) in [6.45, 7) is 2.03. The maximum Gasteiger partial charge on any atom is 0.232 e. The Bertz CT molecular complexity index is 853. The second-order valence-corrected chi connectivity index (χ2v) is 7.69. The molecule has 2 aromatic carbocycles. The minimum absolute atomic E-state index is 0.133. The number of para-hydroxylation sites is 1. The predicted octanol–water partition coefficient (Wildman–Crippen LogP) is 3.32. The van der Waals surface area contributed by atoms with E-state index in [1.54, 1.807) is 18.2 Å². The highest BCUT2D eigenvalue weighted by Crippen LogP contribution is 2.22. The molecule has 0 aliphatic rings. The van der Waals surface area contributed by atoms with Crippen molar-refractivity contribution < 1.29 is 17.6 Å². The molecule has 7 heteroatoms. The quantitative estimate of drug-likeness (QED) is 0.820. The lowest BCUT2D eigenvalue weighted by Gasteiger charge is -2.24. The minimum Gasteiger partial charge on any atom is -0.326 e. The number of halogens is 1. The first kappa shape index (κ1) is 18.9. The van der Waals surface area contributed by atoms with Crippen molar-refractivity contribution in [3.63, 3.8) is 0 Å². The fraction of sp³-hybridized carbons (Fsp3) is 0.278. The Morgan fingerprint density at radius 3 is 2.52 bits per heavy atom. The van der Waals surface area contributed by atoms with Gasteiger partial charge in [-0.2, -0.15) is 0 Å². The first-order valence-corrected chi connectivity index (χ1v) is 9.71. The Morgan fingerprint density at radius 2 is 1.88 bits per heavy atom. The highest BCUT2D eigenvalue weighted by atomic mass is 32.2. The zero-order valence-electron chi connectivity index (χ0n) is 14.2. The number of sulfonamides is 1. The molecule has 25 heavy (non-hydrogen) atoms.